The molecule has 2 heteroatoms. The first-order chi connectivity index (χ1) is 10.3. The highest BCUT2D eigenvalue weighted by atomic mass is 16.3. The van der Waals surface area contributed by atoms with Gasteiger partial charge in [0.15, 0.2) is 5.78 Å². The third-order valence-electron chi connectivity index (χ3n) is 7.47. The summed E-state index contributed by atoms with van der Waals surface area (Å²) in [5.74, 6) is 1.22. The molecule has 0 aromatic heterocycles. The zero-order valence-electron chi connectivity index (χ0n) is 13.9. The second kappa shape index (κ2) is 4.23. The molecule has 0 spiro atoms. The van der Waals surface area contributed by atoms with Gasteiger partial charge in [-0.15, -0.1) is 0 Å². The van der Waals surface area contributed by atoms with Gasteiger partial charge in [-0.1, -0.05) is 37.6 Å². The molecule has 1 saturated carbocycles. The Labute approximate surface area is 133 Å². The van der Waals surface area contributed by atoms with E-state index in [-0.39, 0.29) is 16.6 Å². The first kappa shape index (κ1) is 14.4. The Hall–Kier alpha value is -1.15. The van der Waals surface area contributed by atoms with Crippen molar-refractivity contribution in [1.29, 1.82) is 0 Å². The molecule has 0 bridgehead atoms. The fraction of sp³-hybridized carbons (Fsp3) is 0.650. The molecule has 4 aliphatic carbocycles. The predicted molar refractivity (Wildman–Crippen MR) is 87.2 cm³/mol. The van der Waals surface area contributed by atoms with Crippen molar-refractivity contribution >= 4 is 5.78 Å². The number of carbonyl (C=O) groups excluding carboxylic acids is 1. The van der Waals surface area contributed by atoms with E-state index in [4.69, 9.17) is 0 Å². The number of ketones is 1. The first-order valence-electron chi connectivity index (χ1n) is 8.64. The minimum absolute atomic E-state index is 0.0203. The van der Waals surface area contributed by atoms with Gasteiger partial charge in [-0.25, -0.2) is 0 Å². The molecule has 0 saturated heterocycles. The molecule has 2 nitrogen and oxygen atoms in total. The Morgan fingerprint density at radius 3 is 2.77 bits per heavy atom. The molecule has 0 heterocycles. The van der Waals surface area contributed by atoms with Crippen molar-refractivity contribution in [3.63, 3.8) is 0 Å². The van der Waals surface area contributed by atoms with Crippen LogP contribution in [0.15, 0.2) is 35.5 Å². The van der Waals surface area contributed by atoms with Crippen LogP contribution in [-0.4, -0.2) is 16.5 Å². The summed E-state index contributed by atoms with van der Waals surface area (Å²) in [6, 6.07) is 0. The predicted octanol–water partition coefficient (Wildman–Crippen LogP) is 3.97. The lowest BCUT2D eigenvalue weighted by Gasteiger charge is -2.52. The van der Waals surface area contributed by atoms with E-state index in [9.17, 15) is 9.90 Å². The van der Waals surface area contributed by atoms with Gasteiger partial charge < -0.3 is 5.11 Å². The third-order valence-corrected chi connectivity index (χ3v) is 7.47. The second-order valence-corrected chi connectivity index (χ2v) is 8.48. The molecule has 0 aliphatic heterocycles. The molecule has 0 amide bonds. The molecule has 22 heavy (non-hydrogen) atoms. The molecular weight excluding hydrogens is 272 g/mol. The SMILES string of the molecule is C[C@]12CCC(=O)C=C1C=CC1C2=CC[C@@]2(C)C1CC[C@]2(C)O. The number of allylic oxidation sites excluding steroid dienone is 6. The van der Waals surface area contributed by atoms with E-state index < -0.39 is 5.60 Å². The molecule has 0 aromatic carbocycles. The summed E-state index contributed by atoms with van der Waals surface area (Å²) in [4.78, 5) is 11.8. The van der Waals surface area contributed by atoms with Crippen molar-refractivity contribution in [2.45, 2.75) is 58.5 Å². The lowest BCUT2D eigenvalue weighted by molar-refractivity contribution is -0.115. The van der Waals surface area contributed by atoms with Gasteiger partial charge in [0.2, 0.25) is 0 Å². The zero-order chi connectivity index (χ0) is 15.8. The summed E-state index contributed by atoms with van der Waals surface area (Å²) < 4.78 is 0. The Morgan fingerprint density at radius 1 is 1.23 bits per heavy atom. The molecule has 0 aromatic rings. The van der Waals surface area contributed by atoms with E-state index in [0.717, 1.165) is 25.7 Å². The van der Waals surface area contributed by atoms with Crippen LogP contribution in [0, 0.1) is 22.7 Å². The van der Waals surface area contributed by atoms with Gasteiger partial charge in [-0.3, -0.25) is 4.79 Å². The van der Waals surface area contributed by atoms with Crippen LogP contribution in [0.25, 0.3) is 0 Å². The van der Waals surface area contributed by atoms with Crippen LogP contribution < -0.4 is 0 Å². The van der Waals surface area contributed by atoms with Crippen molar-refractivity contribution in [1.82, 2.24) is 0 Å². The fourth-order valence-corrected chi connectivity index (χ4v) is 5.57. The van der Waals surface area contributed by atoms with E-state index in [2.05, 4.69) is 32.1 Å². The highest BCUT2D eigenvalue weighted by Crippen LogP contribution is 2.63. The summed E-state index contributed by atoms with van der Waals surface area (Å²) in [7, 11) is 0. The van der Waals surface area contributed by atoms with Crippen molar-refractivity contribution in [2.75, 3.05) is 0 Å². The molecule has 1 N–H and O–H groups in total. The van der Waals surface area contributed by atoms with Crippen LogP contribution in [0.4, 0.5) is 0 Å². The van der Waals surface area contributed by atoms with Crippen LogP contribution >= 0.6 is 0 Å². The van der Waals surface area contributed by atoms with Crippen LogP contribution in [0.1, 0.15) is 52.9 Å². The van der Waals surface area contributed by atoms with E-state index in [1.165, 1.54) is 11.1 Å². The van der Waals surface area contributed by atoms with Crippen LogP contribution in [0.3, 0.4) is 0 Å². The molecular formula is C20H26O2. The van der Waals surface area contributed by atoms with E-state index in [1.807, 2.05) is 13.0 Å². The van der Waals surface area contributed by atoms with Gasteiger partial charge in [0.05, 0.1) is 5.60 Å². The van der Waals surface area contributed by atoms with E-state index in [0.29, 0.717) is 18.3 Å². The zero-order valence-corrected chi connectivity index (χ0v) is 13.9. The number of aliphatic hydroxyl groups is 1. The Balaban J connectivity index is 1.82. The molecule has 0 radical (unpaired) electrons. The average Bonchev–Trinajstić information content (AvgIpc) is 2.70. The fourth-order valence-electron chi connectivity index (χ4n) is 5.57. The Bertz CT molecular complexity index is 636. The average molecular weight is 298 g/mol. The second-order valence-electron chi connectivity index (χ2n) is 8.48. The highest BCUT2D eigenvalue weighted by molar-refractivity contribution is 5.92. The molecule has 2 unspecified atom stereocenters. The van der Waals surface area contributed by atoms with Gasteiger partial charge in [-0.05, 0) is 50.2 Å². The summed E-state index contributed by atoms with van der Waals surface area (Å²) in [5.41, 5.74) is 2.15. The summed E-state index contributed by atoms with van der Waals surface area (Å²) in [6.45, 7) is 6.60. The summed E-state index contributed by atoms with van der Waals surface area (Å²) in [5, 5.41) is 10.9. The Morgan fingerprint density at radius 2 is 2.00 bits per heavy atom. The van der Waals surface area contributed by atoms with Gasteiger partial charge in [0.25, 0.3) is 0 Å². The summed E-state index contributed by atoms with van der Waals surface area (Å²) in [6.07, 6.45) is 13.3. The van der Waals surface area contributed by atoms with E-state index in [1.54, 1.807) is 0 Å². The molecule has 4 aliphatic rings. The number of hydrogen-bond acceptors (Lipinski definition) is 2. The van der Waals surface area contributed by atoms with Crippen molar-refractivity contribution in [3.05, 3.63) is 35.5 Å². The quantitative estimate of drug-likeness (QED) is 0.687. The van der Waals surface area contributed by atoms with E-state index >= 15 is 0 Å². The maximum absolute atomic E-state index is 11.8. The van der Waals surface area contributed by atoms with Gasteiger partial charge in [-0.2, -0.15) is 0 Å². The highest BCUT2D eigenvalue weighted by Gasteiger charge is 2.59. The number of rotatable bonds is 0. The maximum Gasteiger partial charge on any atom is 0.156 e. The largest absolute Gasteiger partial charge is 0.390 e. The number of hydrogen-bond donors (Lipinski definition) is 1. The molecule has 118 valence electrons. The number of fused-ring (bicyclic) bond motifs is 5. The van der Waals surface area contributed by atoms with Crippen LogP contribution in [-0.2, 0) is 4.79 Å². The normalized spacial score (nSPS) is 49.9. The van der Waals surface area contributed by atoms with Gasteiger partial charge in [0, 0.05) is 23.2 Å². The monoisotopic (exact) mass is 298 g/mol. The maximum atomic E-state index is 11.8. The molecule has 5 atom stereocenters. The first-order valence-corrected chi connectivity index (χ1v) is 8.64. The van der Waals surface area contributed by atoms with Crippen molar-refractivity contribution < 1.29 is 9.90 Å². The van der Waals surface area contributed by atoms with Crippen molar-refractivity contribution in [3.8, 4) is 0 Å². The summed E-state index contributed by atoms with van der Waals surface area (Å²) >= 11 is 0. The Kier molecular flexibility index (Phi) is 2.77. The van der Waals surface area contributed by atoms with Gasteiger partial charge in [0.1, 0.15) is 0 Å². The smallest absolute Gasteiger partial charge is 0.156 e. The topological polar surface area (TPSA) is 37.3 Å². The lowest BCUT2D eigenvalue weighted by atomic mass is 9.53. The lowest BCUT2D eigenvalue weighted by Crippen LogP contribution is -2.48. The van der Waals surface area contributed by atoms with Gasteiger partial charge >= 0.3 is 0 Å². The van der Waals surface area contributed by atoms with Crippen LogP contribution in [0.2, 0.25) is 0 Å². The van der Waals surface area contributed by atoms with Crippen molar-refractivity contribution in [2.24, 2.45) is 22.7 Å². The minimum Gasteiger partial charge on any atom is -0.390 e. The molecule has 4 rings (SSSR count). The molecule has 1 fully saturated rings. The third kappa shape index (κ3) is 1.62. The standard InChI is InChI=1S/C20H26O2/c1-18-9-6-14(21)12-13(18)4-5-15-16(18)7-10-19(2)17(15)8-11-20(19,3)22/h4-5,7,12,15,17,22H,6,8-11H2,1-3H3/t15?,17?,18-,19-,20-/m0/s1. The number of carbonyl (C=O) groups is 1. The minimum atomic E-state index is -0.562. The van der Waals surface area contributed by atoms with Crippen LogP contribution in [0.5, 0.6) is 0 Å².